The van der Waals surface area contributed by atoms with E-state index in [1.165, 1.54) is 5.54 Å². The van der Waals surface area contributed by atoms with Crippen molar-refractivity contribution in [1.29, 1.82) is 0 Å². The third-order valence-electron chi connectivity index (χ3n) is 0.763. The Labute approximate surface area is 72.8 Å². The van der Waals surface area contributed by atoms with E-state index in [0.29, 0.717) is 23.1 Å². The number of hydrogen-bond donors (Lipinski definition) is 1. The van der Waals surface area contributed by atoms with Gasteiger partial charge in [-0.05, 0) is 0 Å². The van der Waals surface area contributed by atoms with E-state index in [9.17, 15) is 4.21 Å². The second kappa shape index (κ2) is 6.16. The fourth-order valence-electron chi connectivity index (χ4n) is 0.389. The van der Waals surface area contributed by atoms with Crippen LogP contribution in [0.2, 0.25) is 0 Å². The fourth-order valence-corrected chi connectivity index (χ4v) is 1.72. The van der Waals surface area contributed by atoms with E-state index in [1.54, 1.807) is 0 Å². The summed E-state index contributed by atoms with van der Waals surface area (Å²) in [7, 11) is -0.960. The molecule has 0 aliphatic rings. The van der Waals surface area contributed by atoms with E-state index in [-0.39, 0.29) is 0 Å². The molecule has 60 valence electrons. The van der Waals surface area contributed by atoms with Crippen LogP contribution < -0.4 is 5.73 Å². The highest BCUT2D eigenvalue weighted by molar-refractivity contribution is 7.85. The van der Waals surface area contributed by atoms with Crippen LogP contribution in [0, 0.1) is 0 Å². The Kier molecular flexibility index (Phi) is 6.43. The van der Waals surface area contributed by atoms with Gasteiger partial charge in [-0.15, -0.1) is 0 Å². The van der Waals surface area contributed by atoms with Crippen molar-refractivity contribution < 1.29 is 4.21 Å². The van der Waals surface area contributed by atoms with Crippen molar-refractivity contribution in [1.82, 2.24) is 0 Å². The minimum atomic E-state index is -0.960. The molecule has 0 aliphatic carbocycles. The van der Waals surface area contributed by atoms with Crippen molar-refractivity contribution >= 4 is 34.0 Å². The fraction of sp³-hybridized carbons (Fsp3) is 0.600. The SMILES string of the molecule is NCCS(=O)C/C(Cl)=C/Cl. The molecule has 0 saturated heterocycles. The molecule has 0 amide bonds. The Hall–Kier alpha value is 0.430. The average molecular weight is 202 g/mol. The van der Waals surface area contributed by atoms with Crippen LogP contribution in [0.4, 0.5) is 0 Å². The van der Waals surface area contributed by atoms with Gasteiger partial charge in [0.25, 0.3) is 0 Å². The molecule has 0 radical (unpaired) electrons. The lowest BCUT2D eigenvalue weighted by atomic mass is 10.7. The Balaban J connectivity index is 3.58. The molecule has 0 aromatic rings. The van der Waals surface area contributed by atoms with Crippen LogP contribution in [0.15, 0.2) is 10.6 Å². The van der Waals surface area contributed by atoms with Crippen LogP contribution >= 0.6 is 23.2 Å². The summed E-state index contributed by atoms with van der Waals surface area (Å²) in [6, 6.07) is 0. The molecule has 0 saturated carbocycles. The molecule has 2 nitrogen and oxygen atoms in total. The summed E-state index contributed by atoms with van der Waals surface area (Å²) in [6.07, 6.45) is 0. The van der Waals surface area contributed by atoms with Crippen LogP contribution in [-0.4, -0.2) is 22.3 Å². The van der Waals surface area contributed by atoms with Gasteiger partial charge in [-0.25, -0.2) is 0 Å². The highest BCUT2D eigenvalue weighted by Crippen LogP contribution is 2.04. The molecule has 1 unspecified atom stereocenters. The second-order valence-electron chi connectivity index (χ2n) is 1.63. The molecule has 0 bridgehead atoms. The third kappa shape index (κ3) is 5.23. The minimum Gasteiger partial charge on any atom is -0.330 e. The number of nitrogens with two attached hydrogens (primary N) is 1. The molecule has 1 atom stereocenters. The largest absolute Gasteiger partial charge is 0.330 e. The van der Waals surface area contributed by atoms with Crippen molar-refractivity contribution in [3.8, 4) is 0 Å². The minimum absolute atomic E-state index is 0.308. The number of halogens is 2. The zero-order valence-corrected chi connectivity index (χ0v) is 7.68. The van der Waals surface area contributed by atoms with Gasteiger partial charge in [-0.1, -0.05) is 23.2 Å². The number of hydrogen-bond acceptors (Lipinski definition) is 2. The van der Waals surface area contributed by atoms with Gasteiger partial charge in [0.15, 0.2) is 0 Å². The molecule has 5 heteroatoms. The molecule has 0 heterocycles. The zero-order chi connectivity index (χ0) is 7.98. The van der Waals surface area contributed by atoms with E-state index < -0.39 is 10.8 Å². The summed E-state index contributed by atoms with van der Waals surface area (Å²) in [4.78, 5) is 0. The first-order valence-electron chi connectivity index (χ1n) is 2.70. The van der Waals surface area contributed by atoms with Gasteiger partial charge in [0, 0.05) is 33.7 Å². The maximum Gasteiger partial charge on any atom is 0.0602 e. The summed E-state index contributed by atoms with van der Waals surface area (Å²) in [6.45, 7) is 0.416. The Morgan fingerprint density at radius 2 is 2.30 bits per heavy atom. The van der Waals surface area contributed by atoms with Gasteiger partial charge in [-0.2, -0.15) is 0 Å². The molecule has 0 aromatic heterocycles. The van der Waals surface area contributed by atoms with E-state index in [4.69, 9.17) is 28.9 Å². The van der Waals surface area contributed by atoms with Crippen LogP contribution in [-0.2, 0) is 10.8 Å². The van der Waals surface area contributed by atoms with Crippen molar-refractivity contribution in [3.05, 3.63) is 10.6 Å². The zero-order valence-electron chi connectivity index (χ0n) is 5.35. The van der Waals surface area contributed by atoms with Crippen LogP contribution in [0.3, 0.4) is 0 Å². The molecule has 0 rings (SSSR count). The first-order chi connectivity index (χ1) is 4.70. The molecule has 0 spiro atoms. The second-order valence-corrected chi connectivity index (χ2v) is 3.91. The molecule has 2 N–H and O–H groups in total. The topological polar surface area (TPSA) is 43.1 Å². The van der Waals surface area contributed by atoms with E-state index in [0.717, 1.165) is 0 Å². The van der Waals surface area contributed by atoms with Crippen molar-refractivity contribution in [3.63, 3.8) is 0 Å². The summed E-state index contributed by atoms with van der Waals surface area (Å²) < 4.78 is 10.9. The number of rotatable bonds is 4. The predicted octanol–water partition coefficient (Wildman–Crippen LogP) is 1.01. The van der Waals surface area contributed by atoms with Crippen LogP contribution in [0.25, 0.3) is 0 Å². The normalized spacial score (nSPS) is 15.3. The first-order valence-corrected chi connectivity index (χ1v) is 5.00. The average Bonchev–Trinajstić information content (AvgIpc) is 1.88. The third-order valence-corrected chi connectivity index (χ3v) is 2.86. The molecule has 0 aromatic carbocycles. The van der Waals surface area contributed by atoms with Crippen LogP contribution in [0.5, 0.6) is 0 Å². The molecular formula is C5H9Cl2NOS. The van der Waals surface area contributed by atoms with Crippen LogP contribution in [0.1, 0.15) is 0 Å². The summed E-state index contributed by atoms with van der Waals surface area (Å²) in [5.41, 5.74) is 6.38. The van der Waals surface area contributed by atoms with Gasteiger partial charge in [0.1, 0.15) is 0 Å². The van der Waals surface area contributed by atoms with Crippen molar-refractivity contribution in [2.45, 2.75) is 0 Å². The monoisotopic (exact) mass is 201 g/mol. The maximum absolute atomic E-state index is 10.9. The smallest absolute Gasteiger partial charge is 0.0602 e. The molecular weight excluding hydrogens is 193 g/mol. The van der Waals surface area contributed by atoms with Gasteiger partial charge in [0.05, 0.1) is 5.75 Å². The van der Waals surface area contributed by atoms with E-state index in [1.807, 2.05) is 0 Å². The summed E-state index contributed by atoms with van der Waals surface area (Å²) in [5, 5.41) is 0.411. The van der Waals surface area contributed by atoms with Crippen molar-refractivity contribution in [2.24, 2.45) is 5.73 Å². The molecule has 0 aliphatic heterocycles. The van der Waals surface area contributed by atoms with E-state index in [2.05, 4.69) is 0 Å². The molecule has 10 heavy (non-hydrogen) atoms. The molecule has 0 fully saturated rings. The standard InChI is InChI=1S/C5H9Cl2NOS/c6-3-5(7)4-10(9)2-1-8/h3H,1-2,4,8H2/b5-3-. The first kappa shape index (κ1) is 10.4. The van der Waals surface area contributed by atoms with Gasteiger partial charge >= 0.3 is 0 Å². The lowest BCUT2D eigenvalue weighted by Crippen LogP contribution is -2.12. The van der Waals surface area contributed by atoms with Gasteiger partial charge < -0.3 is 5.73 Å². The Morgan fingerprint density at radius 3 is 2.70 bits per heavy atom. The highest BCUT2D eigenvalue weighted by atomic mass is 35.5. The Morgan fingerprint density at radius 1 is 1.70 bits per heavy atom. The summed E-state index contributed by atoms with van der Waals surface area (Å²) in [5.74, 6) is 0.781. The highest BCUT2D eigenvalue weighted by Gasteiger charge is 1.99. The van der Waals surface area contributed by atoms with Gasteiger partial charge in [-0.3, -0.25) is 4.21 Å². The quantitative estimate of drug-likeness (QED) is 0.739. The predicted molar refractivity (Wildman–Crippen MR) is 46.7 cm³/mol. The lowest BCUT2D eigenvalue weighted by Gasteiger charge is -1.96. The maximum atomic E-state index is 10.9. The summed E-state index contributed by atoms with van der Waals surface area (Å²) >= 11 is 10.7. The Bertz CT molecular complexity index is 149. The van der Waals surface area contributed by atoms with Crippen molar-refractivity contribution in [2.75, 3.05) is 18.1 Å². The lowest BCUT2D eigenvalue weighted by molar-refractivity contribution is 0.684. The van der Waals surface area contributed by atoms with Gasteiger partial charge in [0.2, 0.25) is 0 Å². The van der Waals surface area contributed by atoms with E-state index >= 15 is 0 Å².